The van der Waals surface area contributed by atoms with Gasteiger partial charge in [-0.1, -0.05) is 27.2 Å². The van der Waals surface area contributed by atoms with Gasteiger partial charge in [0.2, 0.25) is 0 Å². The fourth-order valence-electron chi connectivity index (χ4n) is 1.82. The minimum atomic E-state index is -0.0245. The van der Waals surface area contributed by atoms with E-state index in [4.69, 9.17) is 20.4 Å². The van der Waals surface area contributed by atoms with Gasteiger partial charge in [0.15, 0.2) is 17.3 Å². The van der Waals surface area contributed by atoms with Gasteiger partial charge >= 0.3 is 0 Å². The second-order valence-electron chi connectivity index (χ2n) is 4.38. The first-order valence-electron chi connectivity index (χ1n) is 6.15. The van der Waals surface area contributed by atoms with Gasteiger partial charge in [-0.05, 0) is 42.8 Å². The number of benzene rings is 2. The van der Waals surface area contributed by atoms with Gasteiger partial charge in [-0.2, -0.15) is 0 Å². The number of halogens is 1. The van der Waals surface area contributed by atoms with Crippen LogP contribution in [0.1, 0.15) is 11.1 Å². The minimum absolute atomic E-state index is 0.0245. The molecule has 0 unspecified atom stereocenters. The third-order valence-corrected chi connectivity index (χ3v) is 3.36. The van der Waals surface area contributed by atoms with Gasteiger partial charge < -0.3 is 20.4 Å². The van der Waals surface area contributed by atoms with Gasteiger partial charge in [0, 0.05) is 4.47 Å². The number of amidine groups is 1. The maximum absolute atomic E-state index is 8.86. The van der Waals surface area contributed by atoms with Crippen molar-refractivity contribution in [1.82, 2.24) is 0 Å². The van der Waals surface area contributed by atoms with E-state index >= 15 is 0 Å². The van der Waals surface area contributed by atoms with Gasteiger partial charge in [0.1, 0.15) is 5.75 Å². The molecule has 0 radical (unpaired) electrons. The predicted molar refractivity (Wildman–Crippen MR) is 84.5 cm³/mol. The molecule has 2 aromatic rings. The zero-order chi connectivity index (χ0) is 15.4. The van der Waals surface area contributed by atoms with Crippen LogP contribution in [0.15, 0.2) is 46.0 Å². The van der Waals surface area contributed by atoms with Crippen LogP contribution in [0.4, 0.5) is 0 Å². The number of hydrogen-bond donors (Lipinski definition) is 2. The molecule has 21 heavy (non-hydrogen) atoms. The van der Waals surface area contributed by atoms with Crippen molar-refractivity contribution in [3.8, 4) is 17.2 Å². The quantitative estimate of drug-likeness (QED) is 0.382. The molecule has 0 heterocycles. The molecule has 5 nitrogen and oxygen atoms in total. The van der Waals surface area contributed by atoms with Crippen molar-refractivity contribution in [1.29, 1.82) is 0 Å². The number of nitrogens with zero attached hydrogens (tertiary/aromatic N) is 1. The summed E-state index contributed by atoms with van der Waals surface area (Å²) in [6.45, 7) is 1.97. The van der Waals surface area contributed by atoms with Gasteiger partial charge in [0.25, 0.3) is 0 Å². The van der Waals surface area contributed by atoms with E-state index < -0.39 is 0 Å². The molecule has 2 aromatic carbocycles. The van der Waals surface area contributed by atoms with Crippen molar-refractivity contribution in [3.63, 3.8) is 0 Å². The van der Waals surface area contributed by atoms with E-state index in [1.807, 2.05) is 25.1 Å². The predicted octanol–water partition coefficient (Wildman–Crippen LogP) is 3.65. The van der Waals surface area contributed by atoms with Crippen molar-refractivity contribution in [2.75, 3.05) is 7.11 Å². The maximum Gasteiger partial charge on any atom is 0.173 e. The molecule has 0 saturated heterocycles. The lowest BCUT2D eigenvalue weighted by Gasteiger charge is -2.14. The third kappa shape index (κ3) is 3.46. The lowest BCUT2D eigenvalue weighted by Crippen LogP contribution is -2.14. The standard InChI is InChI=1S/C15H15BrN2O3/c1-9-3-6-12(14(7-9)20-2)21-13-8-10(16)4-5-11(13)15(17)18-19/h3-8,19H,1-2H3,(H2,17,18). The van der Waals surface area contributed by atoms with Crippen LogP contribution in [-0.2, 0) is 0 Å². The Morgan fingerprint density at radius 3 is 2.57 bits per heavy atom. The van der Waals surface area contributed by atoms with Crippen LogP contribution < -0.4 is 15.2 Å². The Balaban J connectivity index is 2.46. The first-order valence-corrected chi connectivity index (χ1v) is 6.94. The Bertz CT molecular complexity index is 687. The second-order valence-corrected chi connectivity index (χ2v) is 5.30. The van der Waals surface area contributed by atoms with Gasteiger partial charge in [-0.15, -0.1) is 0 Å². The SMILES string of the molecule is COc1cc(C)ccc1Oc1cc(Br)ccc1/C(N)=N/O. The molecule has 6 heteroatoms. The van der Waals surface area contributed by atoms with E-state index in [2.05, 4.69) is 21.1 Å². The summed E-state index contributed by atoms with van der Waals surface area (Å²) in [6, 6.07) is 10.8. The van der Waals surface area contributed by atoms with Crippen molar-refractivity contribution in [2.24, 2.45) is 10.9 Å². The molecule has 0 atom stereocenters. The molecule has 0 amide bonds. The molecular formula is C15H15BrN2O3. The van der Waals surface area contributed by atoms with Crippen molar-refractivity contribution in [3.05, 3.63) is 52.0 Å². The van der Waals surface area contributed by atoms with Crippen LogP contribution in [0, 0.1) is 6.92 Å². The lowest BCUT2D eigenvalue weighted by atomic mass is 10.2. The summed E-state index contributed by atoms with van der Waals surface area (Å²) in [6.07, 6.45) is 0. The molecule has 0 aliphatic rings. The summed E-state index contributed by atoms with van der Waals surface area (Å²) < 4.78 is 12.0. The number of aryl methyl sites for hydroxylation is 1. The first kappa shape index (κ1) is 15.2. The highest BCUT2D eigenvalue weighted by Gasteiger charge is 2.13. The van der Waals surface area contributed by atoms with E-state index in [0.29, 0.717) is 22.8 Å². The Morgan fingerprint density at radius 2 is 1.90 bits per heavy atom. The normalized spacial score (nSPS) is 11.3. The topological polar surface area (TPSA) is 77.1 Å². The molecule has 0 fully saturated rings. The molecule has 0 aromatic heterocycles. The highest BCUT2D eigenvalue weighted by Crippen LogP contribution is 2.35. The van der Waals surface area contributed by atoms with Gasteiger partial charge in [-0.25, -0.2) is 0 Å². The summed E-state index contributed by atoms with van der Waals surface area (Å²) in [4.78, 5) is 0. The average molecular weight is 351 g/mol. The van der Waals surface area contributed by atoms with Crippen LogP contribution in [0.25, 0.3) is 0 Å². The number of methoxy groups -OCH3 is 1. The third-order valence-electron chi connectivity index (χ3n) is 2.87. The van der Waals surface area contributed by atoms with Crippen molar-refractivity contribution < 1.29 is 14.7 Å². The molecular weight excluding hydrogens is 336 g/mol. The fourth-order valence-corrected chi connectivity index (χ4v) is 2.16. The summed E-state index contributed by atoms with van der Waals surface area (Å²) in [7, 11) is 1.58. The Labute approximate surface area is 131 Å². The van der Waals surface area contributed by atoms with Crippen LogP contribution in [0.3, 0.4) is 0 Å². The van der Waals surface area contributed by atoms with Crippen molar-refractivity contribution >= 4 is 21.8 Å². The van der Waals surface area contributed by atoms with Crippen LogP contribution in [-0.4, -0.2) is 18.2 Å². The lowest BCUT2D eigenvalue weighted by molar-refractivity contribution is 0.318. The highest BCUT2D eigenvalue weighted by molar-refractivity contribution is 9.10. The number of oxime groups is 1. The Morgan fingerprint density at radius 1 is 1.14 bits per heavy atom. The molecule has 3 N–H and O–H groups in total. The van der Waals surface area contributed by atoms with E-state index in [1.54, 1.807) is 25.3 Å². The summed E-state index contributed by atoms with van der Waals surface area (Å²) >= 11 is 3.37. The zero-order valence-electron chi connectivity index (χ0n) is 11.6. The number of ether oxygens (including phenoxy) is 2. The van der Waals surface area contributed by atoms with Crippen molar-refractivity contribution in [2.45, 2.75) is 6.92 Å². The summed E-state index contributed by atoms with van der Waals surface area (Å²) in [5.41, 5.74) is 7.22. The van der Waals surface area contributed by atoms with Gasteiger partial charge in [0.05, 0.1) is 12.7 Å². The highest BCUT2D eigenvalue weighted by atomic mass is 79.9. The molecule has 0 bridgehead atoms. The molecule has 2 rings (SSSR count). The number of rotatable bonds is 4. The maximum atomic E-state index is 8.86. The van der Waals surface area contributed by atoms with E-state index in [0.717, 1.165) is 10.0 Å². The van der Waals surface area contributed by atoms with E-state index in [1.165, 1.54) is 0 Å². The Kier molecular flexibility index (Phi) is 4.70. The number of hydrogen-bond acceptors (Lipinski definition) is 4. The average Bonchev–Trinajstić information content (AvgIpc) is 2.48. The summed E-state index contributed by atoms with van der Waals surface area (Å²) in [5.74, 6) is 1.60. The molecule has 0 aliphatic carbocycles. The smallest absolute Gasteiger partial charge is 0.173 e. The zero-order valence-corrected chi connectivity index (χ0v) is 13.2. The molecule has 0 saturated carbocycles. The van der Waals surface area contributed by atoms with Gasteiger partial charge in [-0.3, -0.25) is 0 Å². The van der Waals surface area contributed by atoms with Crippen LogP contribution >= 0.6 is 15.9 Å². The first-order chi connectivity index (χ1) is 10.0. The Hall–Kier alpha value is -2.21. The van der Waals surface area contributed by atoms with Crippen LogP contribution in [0.5, 0.6) is 17.2 Å². The molecule has 110 valence electrons. The second kappa shape index (κ2) is 6.49. The molecule has 0 spiro atoms. The van der Waals surface area contributed by atoms with E-state index in [-0.39, 0.29) is 5.84 Å². The monoisotopic (exact) mass is 350 g/mol. The summed E-state index contributed by atoms with van der Waals surface area (Å²) in [5, 5.41) is 11.9. The fraction of sp³-hybridized carbons (Fsp3) is 0.133. The van der Waals surface area contributed by atoms with E-state index in [9.17, 15) is 0 Å². The van der Waals surface area contributed by atoms with Crippen LogP contribution in [0.2, 0.25) is 0 Å². The number of nitrogens with two attached hydrogens (primary N) is 1. The molecule has 0 aliphatic heterocycles. The largest absolute Gasteiger partial charge is 0.493 e. The minimum Gasteiger partial charge on any atom is -0.493 e.